The number of Topliss-reactive ketones (excluding diaryl/α,β-unsaturated/α-hetero) is 1. The van der Waals surface area contributed by atoms with Gasteiger partial charge in [0.15, 0.2) is 6.61 Å². The molecule has 0 spiro atoms. The summed E-state index contributed by atoms with van der Waals surface area (Å²) in [6, 6.07) is 7.22. The van der Waals surface area contributed by atoms with Crippen LogP contribution in [0, 0.1) is 13.8 Å². The number of aryl methyl sites for hydroxylation is 1. The summed E-state index contributed by atoms with van der Waals surface area (Å²) >= 11 is 9.40. The van der Waals surface area contributed by atoms with Crippen LogP contribution in [0.2, 0.25) is 5.02 Å². The number of carbonyl (C=O) groups excluding carboxylic acids is 1. The molecule has 0 saturated carbocycles. The summed E-state index contributed by atoms with van der Waals surface area (Å²) in [5, 5.41) is 0.491. The van der Waals surface area contributed by atoms with Gasteiger partial charge in [-0.1, -0.05) is 27.5 Å². The number of hydrogen-bond acceptors (Lipinski definition) is 2. The minimum absolute atomic E-state index is 0.0236. The van der Waals surface area contributed by atoms with Gasteiger partial charge in [-0.15, -0.1) is 0 Å². The van der Waals surface area contributed by atoms with Gasteiger partial charge in [-0.25, -0.2) is 0 Å². The quantitative estimate of drug-likeness (QED) is 0.708. The lowest BCUT2D eigenvalue weighted by Crippen LogP contribution is -2.13. The van der Waals surface area contributed by atoms with Crippen LogP contribution in [0.1, 0.15) is 28.7 Å². The van der Waals surface area contributed by atoms with Crippen molar-refractivity contribution in [2.45, 2.75) is 27.3 Å². The van der Waals surface area contributed by atoms with Crippen molar-refractivity contribution in [3.63, 3.8) is 0 Å². The summed E-state index contributed by atoms with van der Waals surface area (Å²) in [6.45, 7) is 6.84. The largest absolute Gasteiger partial charge is 0.484 e. The highest BCUT2D eigenvalue weighted by Gasteiger charge is 2.16. The van der Waals surface area contributed by atoms with Crippen molar-refractivity contribution < 1.29 is 9.53 Å². The Kier molecular flexibility index (Phi) is 5.12. The monoisotopic (exact) mass is 369 g/mol. The lowest BCUT2D eigenvalue weighted by molar-refractivity contribution is 0.0921. The molecule has 0 saturated heterocycles. The van der Waals surface area contributed by atoms with Crippen LogP contribution in [0.4, 0.5) is 0 Å². The molecule has 0 aliphatic carbocycles. The van der Waals surface area contributed by atoms with Crippen LogP contribution in [-0.4, -0.2) is 17.0 Å². The van der Waals surface area contributed by atoms with Crippen molar-refractivity contribution >= 4 is 33.3 Å². The fourth-order valence-electron chi connectivity index (χ4n) is 2.38. The van der Waals surface area contributed by atoms with Gasteiger partial charge in [-0.2, -0.15) is 0 Å². The minimum Gasteiger partial charge on any atom is -0.484 e. The van der Waals surface area contributed by atoms with Gasteiger partial charge in [-0.05, 0) is 45.0 Å². The second-order valence-electron chi connectivity index (χ2n) is 4.82. The molecule has 5 heteroatoms. The first-order valence-corrected chi connectivity index (χ1v) is 7.89. The summed E-state index contributed by atoms with van der Waals surface area (Å²) < 4.78 is 8.52. The van der Waals surface area contributed by atoms with Crippen LogP contribution in [0.15, 0.2) is 28.7 Å². The third-order valence-corrected chi connectivity index (χ3v) is 4.25. The molecular formula is C16H17BrClNO2. The Hall–Kier alpha value is -1.26. The average Bonchev–Trinajstić information content (AvgIpc) is 2.74. The molecule has 1 heterocycles. The third-order valence-electron chi connectivity index (χ3n) is 3.44. The summed E-state index contributed by atoms with van der Waals surface area (Å²) in [7, 11) is 0. The number of hydrogen-bond donors (Lipinski definition) is 0. The molecule has 21 heavy (non-hydrogen) atoms. The predicted molar refractivity (Wildman–Crippen MR) is 88.6 cm³/mol. The Labute approximate surface area is 138 Å². The van der Waals surface area contributed by atoms with Crippen LogP contribution < -0.4 is 4.74 Å². The molecule has 0 radical (unpaired) electrons. The normalized spacial score (nSPS) is 10.7. The van der Waals surface area contributed by atoms with E-state index in [2.05, 4.69) is 27.4 Å². The second-order valence-corrected chi connectivity index (χ2v) is 6.14. The molecule has 1 aromatic carbocycles. The molecule has 0 aliphatic heterocycles. The molecule has 2 rings (SSSR count). The van der Waals surface area contributed by atoms with Gasteiger partial charge in [0.05, 0.1) is 5.02 Å². The summed E-state index contributed by atoms with van der Waals surface area (Å²) in [5.74, 6) is 0.461. The maximum Gasteiger partial charge on any atom is 0.202 e. The summed E-state index contributed by atoms with van der Waals surface area (Å²) in [5.41, 5.74) is 2.77. The molecule has 0 aliphatic rings. The highest BCUT2D eigenvalue weighted by Crippen LogP contribution is 2.28. The summed E-state index contributed by atoms with van der Waals surface area (Å²) in [4.78, 5) is 12.3. The maximum absolute atomic E-state index is 12.3. The molecule has 2 aromatic rings. The van der Waals surface area contributed by atoms with E-state index < -0.39 is 0 Å². The minimum atomic E-state index is -0.0427. The van der Waals surface area contributed by atoms with Crippen molar-refractivity contribution in [1.29, 1.82) is 0 Å². The van der Waals surface area contributed by atoms with E-state index >= 15 is 0 Å². The number of aromatic nitrogens is 1. The first-order chi connectivity index (χ1) is 9.93. The smallest absolute Gasteiger partial charge is 0.202 e. The highest BCUT2D eigenvalue weighted by atomic mass is 79.9. The third kappa shape index (κ3) is 3.50. The molecule has 1 aromatic heterocycles. The molecule has 0 unspecified atom stereocenters. The van der Waals surface area contributed by atoms with E-state index in [1.54, 1.807) is 12.1 Å². The van der Waals surface area contributed by atoms with E-state index in [9.17, 15) is 4.79 Å². The van der Waals surface area contributed by atoms with Crippen LogP contribution in [-0.2, 0) is 6.54 Å². The number of halogens is 2. The Morgan fingerprint density at radius 1 is 1.33 bits per heavy atom. The lowest BCUT2D eigenvalue weighted by Gasteiger charge is -2.08. The van der Waals surface area contributed by atoms with Gasteiger partial charge in [0.1, 0.15) is 5.75 Å². The molecule has 3 nitrogen and oxygen atoms in total. The highest BCUT2D eigenvalue weighted by molar-refractivity contribution is 9.10. The topological polar surface area (TPSA) is 31.2 Å². The zero-order chi connectivity index (χ0) is 15.6. The van der Waals surface area contributed by atoms with E-state index in [4.69, 9.17) is 16.3 Å². The van der Waals surface area contributed by atoms with Crippen molar-refractivity contribution in [3.05, 3.63) is 50.7 Å². The van der Waals surface area contributed by atoms with Gasteiger partial charge < -0.3 is 9.30 Å². The SMILES string of the molecule is CCn1c(C)cc(C(=O)COc2cc(Br)ccc2Cl)c1C. The molecular weight excluding hydrogens is 354 g/mol. The van der Waals surface area contributed by atoms with E-state index in [0.29, 0.717) is 16.3 Å². The maximum atomic E-state index is 12.3. The first-order valence-electron chi connectivity index (χ1n) is 6.71. The molecule has 0 atom stereocenters. The standard InChI is InChI=1S/C16H17BrClNO2/c1-4-19-10(2)7-13(11(19)3)15(20)9-21-16-8-12(17)5-6-14(16)18/h5-8H,4,9H2,1-3H3. The Morgan fingerprint density at radius 2 is 2.05 bits per heavy atom. The number of rotatable bonds is 5. The van der Waals surface area contributed by atoms with Gasteiger partial charge >= 0.3 is 0 Å². The number of carbonyl (C=O) groups is 1. The van der Waals surface area contributed by atoms with E-state index in [0.717, 1.165) is 22.4 Å². The fraction of sp³-hybridized carbons (Fsp3) is 0.312. The van der Waals surface area contributed by atoms with Crippen LogP contribution in [0.25, 0.3) is 0 Å². The van der Waals surface area contributed by atoms with E-state index in [1.165, 1.54) is 0 Å². The Balaban J connectivity index is 2.14. The zero-order valence-corrected chi connectivity index (χ0v) is 14.6. The predicted octanol–water partition coefficient (Wildman–Crippen LogP) is 4.80. The molecule has 0 N–H and O–H groups in total. The van der Waals surface area contributed by atoms with Gasteiger partial charge in [0, 0.05) is 28.0 Å². The van der Waals surface area contributed by atoms with Gasteiger partial charge in [-0.3, -0.25) is 4.79 Å². The Bertz CT molecular complexity index is 679. The lowest BCUT2D eigenvalue weighted by atomic mass is 10.1. The molecule has 0 amide bonds. The van der Waals surface area contributed by atoms with Crippen molar-refractivity contribution in [3.8, 4) is 5.75 Å². The van der Waals surface area contributed by atoms with Crippen molar-refractivity contribution in [2.24, 2.45) is 0 Å². The molecule has 0 bridgehead atoms. The number of benzene rings is 1. The number of ether oxygens (including phenoxy) is 1. The van der Waals surface area contributed by atoms with Crippen LogP contribution in [0.5, 0.6) is 5.75 Å². The van der Waals surface area contributed by atoms with Crippen molar-refractivity contribution in [1.82, 2.24) is 4.57 Å². The Morgan fingerprint density at radius 3 is 2.67 bits per heavy atom. The fourth-order valence-corrected chi connectivity index (χ4v) is 2.89. The molecule has 112 valence electrons. The zero-order valence-electron chi connectivity index (χ0n) is 12.2. The van der Waals surface area contributed by atoms with Crippen molar-refractivity contribution in [2.75, 3.05) is 6.61 Å². The van der Waals surface area contributed by atoms with Gasteiger partial charge in [0.25, 0.3) is 0 Å². The van der Waals surface area contributed by atoms with E-state index in [1.807, 2.05) is 26.0 Å². The average molecular weight is 371 g/mol. The van der Waals surface area contributed by atoms with Gasteiger partial charge in [0.2, 0.25) is 5.78 Å². The number of nitrogens with zero attached hydrogens (tertiary/aromatic N) is 1. The summed E-state index contributed by atoms with van der Waals surface area (Å²) in [6.07, 6.45) is 0. The first kappa shape index (κ1) is 16.1. The number of ketones is 1. The van der Waals surface area contributed by atoms with Crippen LogP contribution in [0.3, 0.4) is 0 Å². The van der Waals surface area contributed by atoms with E-state index in [-0.39, 0.29) is 12.4 Å². The second kappa shape index (κ2) is 6.67. The molecule has 0 fully saturated rings. The van der Waals surface area contributed by atoms with Crippen LogP contribution >= 0.6 is 27.5 Å².